The van der Waals surface area contributed by atoms with Crippen molar-refractivity contribution in [3.63, 3.8) is 0 Å². The van der Waals surface area contributed by atoms with Gasteiger partial charge in [0.15, 0.2) is 5.65 Å². The van der Waals surface area contributed by atoms with Gasteiger partial charge in [0, 0.05) is 29.5 Å². The van der Waals surface area contributed by atoms with E-state index in [0.717, 1.165) is 4.52 Å². The van der Waals surface area contributed by atoms with Crippen molar-refractivity contribution in [3.05, 3.63) is 62.1 Å². The van der Waals surface area contributed by atoms with Crippen LogP contribution in [-0.4, -0.2) is 32.1 Å². The summed E-state index contributed by atoms with van der Waals surface area (Å²) in [6.45, 7) is 3.49. The first kappa shape index (κ1) is 16.4. The summed E-state index contributed by atoms with van der Waals surface area (Å²) in [5, 5.41) is 13.7. The molecule has 1 N–H and O–H groups in total. The molecule has 0 atom stereocenters. The van der Waals surface area contributed by atoms with Crippen LogP contribution in [-0.2, 0) is 4.74 Å². The number of carbonyl (C=O) groups is 1. The van der Waals surface area contributed by atoms with Crippen LogP contribution >= 0.6 is 0 Å². The number of nitro benzene ring substituents is 1. The van der Waals surface area contributed by atoms with Gasteiger partial charge < -0.3 is 4.74 Å². The highest BCUT2D eigenvalue weighted by atomic mass is 16.6. The van der Waals surface area contributed by atoms with Crippen molar-refractivity contribution in [1.82, 2.24) is 14.6 Å². The maximum atomic E-state index is 12.3. The first-order chi connectivity index (χ1) is 11.9. The average molecular weight is 342 g/mol. The summed E-state index contributed by atoms with van der Waals surface area (Å²) in [6, 6.07) is 7.03. The maximum absolute atomic E-state index is 12.3. The third-order valence-electron chi connectivity index (χ3n) is 3.63. The van der Waals surface area contributed by atoms with Crippen molar-refractivity contribution in [2.24, 2.45) is 0 Å². The topological polar surface area (TPSA) is 120 Å². The Morgan fingerprint density at radius 1 is 1.40 bits per heavy atom. The largest absolute Gasteiger partial charge is 0.462 e. The number of esters is 1. The predicted octanol–water partition coefficient (Wildman–Crippen LogP) is 2.08. The van der Waals surface area contributed by atoms with Gasteiger partial charge in [0.2, 0.25) is 0 Å². The lowest BCUT2D eigenvalue weighted by molar-refractivity contribution is -0.384. The molecule has 9 heteroatoms. The Morgan fingerprint density at radius 2 is 2.16 bits per heavy atom. The Hall–Kier alpha value is -3.49. The summed E-state index contributed by atoms with van der Waals surface area (Å²) in [5.74, 6) is -0.596. The molecule has 3 rings (SSSR count). The van der Waals surface area contributed by atoms with Gasteiger partial charge in [-0.2, -0.15) is 0 Å². The molecule has 3 aromatic rings. The summed E-state index contributed by atoms with van der Waals surface area (Å²) in [4.78, 5) is 39.2. The van der Waals surface area contributed by atoms with E-state index < -0.39 is 16.5 Å². The van der Waals surface area contributed by atoms with Crippen LogP contribution in [0.1, 0.15) is 23.0 Å². The second kappa shape index (κ2) is 6.19. The molecule has 0 saturated heterocycles. The second-order valence-corrected chi connectivity index (χ2v) is 5.28. The number of ether oxygens (including phenoxy) is 1. The van der Waals surface area contributed by atoms with Crippen molar-refractivity contribution < 1.29 is 14.5 Å². The quantitative estimate of drug-likeness (QED) is 0.440. The molecule has 2 heterocycles. The molecule has 0 amide bonds. The molecule has 0 spiro atoms. The molecule has 0 saturated carbocycles. The lowest BCUT2D eigenvalue weighted by atomic mass is 10.1. The van der Waals surface area contributed by atoms with E-state index in [4.69, 9.17) is 4.74 Å². The first-order valence-corrected chi connectivity index (χ1v) is 7.46. The fourth-order valence-corrected chi connectivity index (χ4v) is 2.52. The maximum Gasteiger partial charge on any atom is 0.343 e. The molecule has 0 aliphatic carbocycles. The molecule has 128 valence electrons. The molecular weight excluding hydrogens is 328 g/mol. The van der Waals surface area contributed by atoms with Gasteiger partial charge in [-0.3, -0.25) is 20.0 Å². The number of hydrogen-bond donors (Lipinski definition) is 1. The number of nitrogens with one attached hydrogen (secondary N) is 1. The van der Waals surface area contributed by atoms with Gasteiger partial charge in [-0.25, -0.2) is 14.3 Å². The minimum Gasteiger partial charge on any atom is -0.462 e. The van der Waals surface area contributed by atoms with Crippen LogP contribution in [0.4, 0.5) is 5.69 Å². The Labute approximate surface area is 141 Å². The number of benzene rings is 1. The van der Waals surface area contributed by atoms with Crippen LogP contribution in [0.5, 0.6) is 0 Å². The lowest BCUT2D eigenvalue weighted by Crippen LogP contribution is -2.15. The number of aromatic nitrogens is 3. The summed E-state index contributed by atoms with van der Waals surface area (Å²) >= 11 is 0. The van der Waals surface area contributed by atoms with E-state index in [1.807, 2.05) is 0 Å². The average Bonchev–Trinajstić information content (AvgIpc) is 2.92. The van der Waals surface area contributed by atoms with Crippen LogP contribution in [0.3, 0.4) is 0 Å². The fourth-order valence-electron chi connectivity index (χ4n) is 2.52. The molecule has 0 fully saturated rings. The zero-order valence-corrected chi connectivity index (χ0v) is 13.5. The fraction of sp³-hybridized carbons (Fsp3) is 0.188. The number of nitro groups is 1. The van der Waals surface area contributed by atoms with Gasteiger partial charge in [-0.05, 0) is 13.8 Å². The van der Waals surface area contributed by atoms with Crippen LogP contribution in [0.15, 0.2) is 35.1 Å². The molecule has 0 unspecified atom stereocenters. The lowest BCUT2D eigenvalue weighted by Gasteiger charge is -2.03. The van der Waals surface area contributed by atoms with E-state index >= 15 is 0 Å². The Bertz CT molecular complexity index is 1050. The summed E-state index contributed by atoms with van der Waals surface area (Å²) in [6.07, 6.45) is 0. The second-order valence-electron chi connectivity index (χ2n) is 5.28. The van der Waals surface area contributed by atoms with Gasteiger partial charge in [0.05, 0.1) is 17.2 Å². The molecule has 0 aliphatic rings. The molecule has 25 heavy (non-hydrogen) atoms. The van der Waals surface area contributed by atoms with E-state index in [1.54, 1.807) is 19.9 Å². The number of aryl methyl sites for hydroxylation is 1. The van der Waals surface area contributed by atoms with E-state index in [0.29, 0.717) is 11.3 Å². The molecule has 0 radical (unpaired) electrons. The zero-order chi connectivity index (χ0) is 18.1. The van der Waals surface area contributed by atoms with Gasteiger partial charge in [0.25, 0.3) is 11.2 Å². The normalized spacial score (nSPS) is 10.8. The van der Waals surface area contributed by atoms with Gasteiger partial charge in [-0.15, -0.1) is 0 Å². The Balaban J connectivity index is 2.23. The van der Waals surface area contributed by atoms with Crippen LogP contribution < -0.4 is 5.56 Å². The molecule has 2 aromatic heterocycles. The standard InChI is InChI=1S/C16H14N4O5/c1-3-25-16(22)14-9(2)18-19-13(21)8-12(17-15(14)19)10-5-4-6-11(7-10)20(23)24/h4-8,18H,3H2,1-2H3. The number of fused-ring (bicyclic) bond motifs is 1. The minimum atomic E-state index is -0.596. The van der Waals surface area contributed by atoms with Crippen LogP contribution in [0, 0.1) is 17.0 Å². The predicted molar refractivity (Wildman–Crippen MR) is 88.6 cm³/mol. The highest BCUT2D eigenvalue weighted by Gasteiger charge is 2.21. The number of aromatic amines is 1. The first-order valence-electron chi connectivity index (χ1n) is 7.46. The molecule has 1 aromatic carbocycles. The third kappa shape index (κ3) is 2.87. The van der Waals surface area contributed by atoms with Crippen molar-refractivity contribution >= 4 is 17.3 Å². The van der Waals surface area contributed by atoms with E-state index in [-0.39, 0.29) is 29.2 Å². The van der Waals surface area contributed by atoms with E-state index in [2.05, 4.69) is 10.1 Å². The van der Waals surface area contributed by atoms with Gasteiger partial charge >= 0.3 is 5.97 Å². The summed E-state index contributed by atoms with van der Waals surface area (Å²) in [7, 11) is 0. The Morgan fingerprint density at radius 3 is 2.84 bits per heavy atom. The highest BCUT2D eigenvalue weighted by Crippen LogP contribution is 2.23. The van der Waals surface area contributed by atoms with Gasteiger partial charge in [0.1, 0.15) is 5.56 Å². The number of rotatable bonds is 4. The summed E-state index contributed by atoms with van der Waals surface area (Å²) in [5.41, 5.74) is 0.802. The number of nitrogens with zero attached hydrogens (tertiary/aromatic N) is 3. The van der Waals surface area contributed by atoms with Crippen molar-refractivity contribution in [3.8, 4) is 11.3 Å². The van der Waals surface area contributed by atoms with E-state index in [1.165, 1.54) is 24.3 Å². The minimum absolute atomic E-state index is 0.115. The zero-order valence-electron chi connectivity index (χ0n) is 13.5. The smallest absolute Gasteiger partial charge is 0.343 e. The highest BCUT2D eigenvalue weighted by molar-refractivity contribution is 5.97. The number of H-pyrrole nitrogens is 1. The Kier molecular flexibility index (Phi) is 4.05. The molecule has 9 nitrogen and oxygen atoms in total. The molecular formula is C16H14N4O5. The van der Waals surface area contributed by atoms with E-state index in [9.17, 15) is 19.7 Å². The SMILES string of the molecule is CCOC(=O)c1c(C)[nH]n2c(=O)cc(-c3cccc([N+](=O)[O-])c3)nc12. The van der Waals surface area contributed by atoms with Crippen molar-refractivity contribution in [1.29, 1.82) is 0 Å². The van der Waals surface area contributed by atoms with Crippen molar-refractivity contribution in [2.75, 3.05) is 6.61 Å². The van der Waals surface area contributed by atoms with Crippen molar-refractivity contribution in [2.45, 2.75) is 13.8 Å². The molecule has 0 aliphatic heterocycles. The number of carbonyl (C=O) groups excluding carboxylic acids is 1. The third-order valence-corrected chi connectivity index (χ3v) is 3.63. The number of non-ortho nitro benzene ring substituents is 1. The summed E-state index contributed by atoms with van der Waals surface area (Å²) < 4.78 is 6.15. The monoisotopic (exact) mass is 342 g/mol. The van der Waals surface area contributed by atoms with Crippen LogP contribution in [0.25, 0.3) is 16.9 Å². The van der Waals surface area contributed by atoms with Crippen LogP contribution in [0.2, 0.25) is 0 Å². The molecule has 0 bridgehead atoms. The number of hydrogen-bond acceptors (Lipinski definition) is 6. The van der Waals surface area contributed by atoms with Gasteiger partial charge in [-0.1, -0.05) is 12.1 Å².